The lowest BCUT2D eigenvalue weighted by Crippen LogP contribution is -2.52. The van der Waals surface area contributed by atoms with E-state index in [-0.39, 0.29) is 11.9 Å². The summed E-state index contributed by atoms with van der Waals surface area (Å²) in [5.74, 6) is -0.0884. The van der Waals surface area contributed by atoms with Crippen molar-refractivity contribution in [3.05, 3.63) is 17.0 Å². The number of carbonyl (C=O) groups is 1. The fraction of sp³-hybridized carbons (Fsp3) is 0.667. The maximum absolute atomic E-state index is 12.9. The zero-order valence-electron chi connectivity index (χ0n) is 13.3. The SMILES string of the molecule is Cc1ccc(S(=O)(=O)N2CCCC2C(=O)N2CCCC(N)C2)s1. The Kier molecular flexibility index (Phi) is 4.78. The fourth-order valence-corrected chi connectivity index (χ4v) is 6.43. The predicted molar refractivity (Wildman–Crippen MR) is 89.8 cm³/mol. The van der Waals surface area contributed by atoms with E-state index in [0.717, 1.165) is 24.1 Å². The van der Waals surface area contributed by atoms with Crippen molar-refractivity contribution in [1.29, 1.82) is 0 Å². The van der Waals surface area contributed by atoms with Gasteiger partial charge in [-0.3, -0.25) is 4.79 Å². The molecule has 0 radical (unpaired) electrons. The van der Waals surface area contributed by atoms with Crippen molar-refractivity contribution in [2.75, 3.05) is 19.6 Å². The van der Waals surface area contributed by atoms with Crippen LogP contribution in [0.5, 0.6) is 0 Å². The Labute approximate surface area is 141 Å². The summed E-state index contributed by atoms with van der Waals surface area (Å²) >= 11 is 1.26. The van der Waals surface area contributed by atoms with Gasteiger partial charge in [0.2, 0.25) is 5.91 Å². The van der Waals surface area contributed by atoms with Crippen LogP contribution in [0, 0.1) is 6.92 Å². The second-order valence-corrected chi connectivity index (χ2v) is 9.73. The van der Waals surface area contributed by atoms with Crippen molar-refractivity contribution in [2.24, 2.45) is 5.73 Å². The minimum atomic E-state index is -3.59. The number of hydrogen-bond donors (Lipinski definition) is 1. The molecule has 2 N–H and O–H groups in total. The first-order valence-corrected chi connectivity index (χ1v) is 10.3. The van der Waals surface area contributed by atoms with Crippen molar-refractivity contribution >= 4 is 27.3 Å². The van der Waals surface area contributed by atoms with Crippen LogP contribution < -0.4 is 5.73 Å². The lowest BCUT2D eigenvalue weighted by Gasteiger charge is -2.34. The van der Waals surface area contributed by atoms with E-state index >= 15 is 0 Å². The molecule has 0 bridgehead atoms. The summed E-state index contributed by atoms with van der Waals surface area (Å²) in [5, 5.41) is 0. The highest BCUT2D eigenvalue weighted by molar-refractivity contribution is 7.91. The molecule has 0 saturated carbocycles. The van der Waals surface area contributed by atoms with E-state index in [4.69, 9.17) is 5.73 Å². The first-order chi connectivity index (χ1) is 10.9. The normalized spacial score (nSPS) is 26.6. The number of carbonyl (C=O) groups excluding carboxylic acids is 1. The van der Waals surface area contributed by atoms with Crippen LogP contribution in [0.2, 0.25) is 0 Å². The number of sulfonamides is 1. The minimum Gasteiger partial charge on any atom is -0.340 e. The molecule has 0 aromatic carbocycles. The van der Waals surface area contributed by atoms with E-state index in [9.17, 15) is 13.2 Å². The number of hydrogen-bond acceptors (Lipinski definition) is 5. The van der Waals surface area contributed by atoms with Crippen LogP contribution in [0.3, 0.4) is 0 Å². The van der Waals surface area contributed by atoms with Crippen molar-refractivity contribution in [2.45, 2.75) is 48.9 Å². The van der Waals surface area contributed by atoms with Crippen LogP contribution in [-0.4, -0.2) is 55.2 Å². The van der Waals surface area contributed by atoms with Gasteiger partial charge in [-0.1, -0.05) is 0 Å². The maximum Gasteiger partial charge on any atom is 0.253 e. The van der Waals surface area contributed by atoms with Crippen LogP contribution in [0.25, 0.3) is 0 Å². The van der Waals surface area contributed by atoms with Crippen LogP contribution in [-0.2, 0) is 14.8 Å². The lowest BCUT2D eigenvalue weighted by atomic mass is 10.1. The molecule has 1 amide bonds. The Morgan fingerprint density at radius 2 is 2.00 bits per heavy atom. The highest BCUT2D eigenvalue weighted by atomic mass is 32.2. The number of rotatable bonds is 3. The van der Waals surface area contributed by atoms with Gasteiger partial charge in [0.05, 0.1) is 0 Å². The van der Waals surface area contributed by atoms with Gasteiger partial charge in [0.25, 0.3) is 10.0 Å². The molecule has 2 aliphatic heterocycles. The zero-order chi connectivity index (χ0) is 16.6. The standard InChI is InChI=1S/C15H23N3O3S2/c1-11-6-7-14(22-11)23(20,21)18-9-3-5-13(18)15(19)17-8-2-4-12(16)10-17/h6-7,12-13H,2-5,8-10,16H2,1H3. The summed E-state index contributed by atoms with van der Waals surface area (Å²) in [6, 6.07) is 2.85. The van der Waals surface area contributed by atoms with Crippen molar-refractivity contribution in [3.63, 3.8) is 0 Å². The molecule has 3 rings (SSSR count). The Bertz CT molecular complexity index is 686. The molecule has 1 aromatic heterocycles. The average Bonchev–Trinajstić information content (AvgIpc) is 3.15. The number of nitrogens with two attached hydrogens (primary N) is 1. The molecule has 128 valence electrons. The van der Waals surface area contributed by atoms with Crippen molar-refractivity contribution < 1.29 is 13.2 Å². The van der Waals surface area contributed by atoms with Gasteiger partial charge in [-0.15, -0.1) is 11.3 Å². The number of nitrogens with zero attached hydrogens (tertiary/aromatic N) is 2. The number of piperidine rings is 1. The Morgan fingerprint density at radius 1 is 1.26 bits per heavy atom. The summed E-state index contributed by atoms with van der Waals surface area (Å²) in [4.78, 5) is 15.5. The van der Waals surface area contributed by atoms with E-state index in [1.807, 2.05) is 6.92 Å². The highest BCUT2D eigenvalue weighted by Crippen LogP contribution is 2.31. The van der Waals surface area contributed by atoms with Gasteiger partial charge in [0.1, 0.15) is 10.3 Å². The molecule has 1 aromatic rings. The number of amides is 1. The van der Waals surface area contributed by atoms with Gasteiger partial charge in [0, 0.05) is 30.6 Å². The number of aryl methyl sites for hydroxylation is 1. The van der Waals surface area contributed by atoms with Gasteiger partial charge < -0.3 is 10.6 Å². The monoisotopic (exact) mass is 357 g/mol. The van der Waals surface area contributed by atoms with E-state index in [2.05, 4.69) is 0 Å². The van der Waals surface area contributed by atoms with E-state index in [1.54, 1.807) is 17.0 Å². The lowest BCUT2D eigenvalue weighted by molar-refractivity contribution is -0.135. The molecule has 0 spiro atoms. The van der Waals surface area contributed by atoms with Gasteiger partial charge in [-0.2, -0.15) is 4.31 Å². The third-order valence-corrected chi connectivity index (χ3v) is 7.91. The molecule has 3 heterocycles. The third kappa shape index (κ3) is 3.31. The minimum absolute atomic E-state index is 0.000828. The second-order valence-electron chi connectivity index (χ2n) is 6.33. The highest BCUT2D eigenvalue weighted by Gasteiger charge is 2.42. The molecule has 2 saturated heterocycles. The van der Waals surface area contributed by atoms with Crippen LogP contribution >= 0.6 is 11.3 Å². The van der Waals surface area contributed by atoms with Gasteiger partial charge in [-0.25, -0.2) is 8.42 Å². The largest absolute Gasteiger partial charge is 0.340 e. The first-order valence-electron chi connectivity index (χ1n) is 8.02. The fourth-order valence-electron chi connectivity index (χ4n) is 3.36. The van der Waals surface area contributed by atoms with Crippen LogP contribution in [0.4, 0.5) is 0 Å². The molecule has 2 atom stereocenters. The van der Waals surface area contributed by atoms with Gasteiger partial charge in [0.15, 0.2) is 0 Å². The molecule has 23 heavy (non-hydrogen) atoms. The molecule has 2 unspecified atom stereocenters. The average molecular weight is 358 g/mol. The predicted octanol–water partition coefficient (Wildman–Crippen LogP) is 1.16. The number of likely N-dealkylation sites (tertiary alicyclic amines) is 1. The smallest absolute Gasteiger partial charge is 0.253 e. The molecule has 8 heteroatoms. The molecule has 6 nitrogen and oxygen atoms in total. The van der Waals surface area contributed by atoms with Crippen molar-refractivity contribution in [1.82, 2.24) is 9.21 Å². The molecule has 2 fully saturated rings. The van der Waals surface area contributed by atoms with E-state index in [1.165, 1.54) is 15.6 Å². The molecular formula is C15H23N3O3S2. The Hall–Kier alpha value is -0.960. The Morgan fingerprint density at radius 3 is 2.65 bits per heavy atom. The zero-order valence-corrected chi connectivity index (χ0v) is 14.9. The quantitative estimate of drug-likeness (QED) is 0.880. The van der Waals surface area contributed by atoms with Crippen LogP contribution in [0.1, 0.15) is 30.6 Å². The number of thiophene rings is 1. The summed E-state index contributed by atoms with van der Waals surface area (Å²) in [5.41, 5.74) is 5.95. The van der Waals surface area contributed by atoms with E-state index < -0.39 is 16.1 Å². The summed E-state index contributed by atoms with van der Waals surface area (Å²) in [7, 11) is -3.59. The van der Waals surface area contributed by atoms with E-state index in [0.29, 0.717) is 30.3 Å². The summed E-state index contributed by atoms with van der Waals surface area (Å²) in [6.07, 6.45) is 3.12. The molecule has 0 aliphatic carbocycles. The summed E-state index contributed by atoms with van der Waals surface area (Å²) in [6.45, 7) is 3.50. The second kappa shape index (κ2) is 6.51. The third-order valence-electron chi connectivity index (χ3n) is 4.54. The topological polar surface area (TPSA) is 83.7 Å². The van der Waals surface area contributed by atoms with Gasteiger partial charge >= 0.3 is 0 Å². The molecular weight excluding hydrogens is 334 g/mol. The first kappa shape index (κ1) is 16.9. The van der Waals surface area contributed by atoms with Crippen molar-refractivity contribution in [3.8, 4) is 0 Å². The molecule has 2 aliphatic rings. The maximum atomic E-state index is 12.9. The van der Waals surface area contributed by atoms with Crippen LogP contribution in [0.15, 0.2) is 16.3 Å². The van der Waals surface area contributed by atoms with Gasteiger partial charge in [-0.05, 0) is 44.7 Å². The Balaban J connectivity index is 1.81. The summed E-state index contributed by atoms with van der Waals surface area (Å²) < 4.78 is 27.4.